The molecule has 3 nitrogen and oxygen atoms in total. The van der Waals surface area contributed by atoms with Crippen LogP contribution in [0.15, 0.2) is 33.5 Å². The third kappa shape index (κ3) is 4.94. The fraction of sp³-hybridized carbons (Fsp3) is 0.235. The molecule has 1 aromatic carbocycles. The molecule has 0 aliphatic rings. The van der Waals surface area contributed by atoms with E-state index in [1.165, 1.54) is 0 Å². The van der Waals surface area contributed by atoms with Crippen molar-refractivity contribution in [1.29, 1.82) is 0 Å². The van der Waals surface area contributed by atoms with Crippen molar-refractivity contribution in [2.24, 2.45) is 0 Å². The molecule has 0 aliphatic carbocycles. The normalized spacial score (nSPS) is 9.57. The van der Waals surface area contributed by atoms with E-state index in [1.54, 1.807) is 29.7 Å². The van der Waals surface area contributed by atoms with E-state index in [0.717, 1.165) is 5.56 Å². The number of halogens is 2. The summed E-state index contributed by atoms with van der Waals surface area (Å²) in [6.07, 6.45) is 0. The van der Waals surface area contributed by atoms with Crippen LogP contribution < -0.4 is 10.3 Å². The van der Waals surface area contributed by atoms with E-state index < -0.39 is 0 Å². The van der Waals surface area contributed by atoms with Crippen LogP contribution in [0.25, 0.3) is 11.3 Å². The predicted molar refractivity (Wildman–Crippen MR) is 92.3 cm³/mol. The van der Waals surface area contributed by atoms with Gasteiger partial charge in [-0.2, -0.15) is 12.1 Å². The molecule has 0 amide bonds. The molecule has 0 atom stereocenters. The Labute approximate surface area is 174 Å². The molecule has 0 unspecified atom stereocenters. The van der Waals surface area contributed by atoms with Crippen LogP contribution in [0.1, 0.15) is 13.8 Å². The number of hydrogen-bond donors (Lipinski definition) is 0. The smallest absolute Gasteiger partial charge is 0.208 e. The van der Waals surface area contributed by atoms with Gasteiger partial charge >= 0.3 is 0 Å². The molecule has 0 bridgehead atoms. The summed E-state index contributed by atoms with van der Waals surface area (Å²) in [6, 6.07) is 10.1. The molecule has 117 valence electrons. The fourth-order valence-corrected chi connectivity index (χ4v) is 2.58. The molecule has 1 radical (unpaired) electrons. The first-order valence-corrected chi connectivity index (χ1v) is 7.89. The van der Waals surface area contributed by atoms with Gasteiger partial charge in [0.05, 0.1) is 0 Å². The maximum Gasteiger partial charge on any atom is 0.208 e. The topological polar surface area (TPSA) is 31.2 Å². The summed E-state index contributed by atoms with van der Waals surface area (Å²) < 4.78 is 7.57. The van der Waals surface area contributed by atoms with Crippen LogP contribution in [0, 0.1) is 17.9 Å². The molecule has 1 aromatic heterocycles. The molecule has 0 aliphatic heterocycles. The summed E-state index contributed by atoms with van der Waals surface area (Å²) in [6.45, 7) is 4.51. The van der Waals surface area contributed by atoms with Crippen LogP contribution >= 0.6 is 27.5 Å². The molecule has 0 saturated carbocycles. The first-order valence-electron chi connectivity index (χ1n) is 6.71. The van der Waals surface area contributed by atoms with Gasteiger partial charge in [0.15, 0.2) is 0 Å². The minimum absolute atomic E-state index is 0. The standard InChI is InChI=1S/C17H14BrClNO2.Y/c1-3-5-10-22-12-6-7-13(15(19)11-12)16-9-8-14(18)17(21)20(16)4-2;/h6-8,11H,4,10H2,1-2H3;/q-1;. The second-order valence-electron chi connectivity index (χ2n) is 4.39. The number of aromatic nitrogens is 1. The summed E-state index contributed by atoms with van der Waals surface area (Å²) in [5.74, 6) is 6.22. The van der Waals surface area contributed by atoms with Crippen molar-refractivity contribution < 1.29 is 37.4 Å². The number of nitrogens with zero attached hydrogens (tertiary/aromatic N) is 1. The molecule has 2 rings (SSSR count). The number of benzene rings is 1. The molecule has 0 spiro atoms. The Morgan fingerprint density at radius 1 is 1.43 bits per heavy atom. The molecular weight excluding hydrogens is 454 g/mol. The first kappa shape index (κ1) is 20.4. The summed E-state index contributed by atoms with van der Waals surface area (Å²) in [7, 11) is 0. The Balaban J connectivity index is 0.00000264. The van der Waals surface area contributed by atoms with Crippen LogP contribution in [0.2, 0.25) is 5.02 Å². The quantitative estimate of drug-likeness (QED) is 0.499. The second-order valence-corrected chi connectivity index (χ2v) is 5.65. The van der Waals surface area contributed by atoms with Gasteiger partial charge in [-0.1, -0.05) is 28.8 Å². The van der Waals surface area contributed by atoms with Gasteiger partial charge in [-0.3, -0.25) is 4.79 Å². The molecule has 6 heteroatoms. The fourth-order valence-electron chi connectivity index (χ4n) is 2.00. The van der Waals surface area contributed by atoms with Crippen LogP contribution in [-0.4, -0.2) is 11.2 Å². The zero-order chi connectivity index (χ0) is 16.1. The monoisotopic (exact) mass is 467 g/mol. The van der Waals surface area contributed by atoms with Gasteiger partial charge in [0, 0.05) is 39.3 Å². The van der Waals surface area contributed by atoms with Gasteiger partial charge in [-0.25, -0.2) is 0 Å². The maximum absolute atomic E-state index is 12.2. The molecule has 0 fully saturated rings. The van der Waals surface area contributed by atoms with Gasteiger partial charge < -0.3 is 9.30 Å². The summed E-state index contributed by atoms with van der Waals surface area (Å²) in [5, 5.41) is 0.502. The maximum atomic E-state index is 12.2. The molecule has 0 saturated heterocycles. The molecule has 23 heavy (non-hydrogen) atoms. The van der Waals surface area contributed by atoms with Crippen LogP contribution in [0.5, 0.6) is 5.75 Å². The molecule has 0 N–H and O–H groups in total. The number of pyridine rings is 1. The number of rotatable bonds is 4. The van der Waals surface area contributed by atoms with Crippen molar-refractivity contribution in [3.63, 3.8) is 0 Å². The Bertz CT molecular complexity index is 808. The molecule has 2 aromatic rings. The van der Waals surface area contributed by atoms with E-state index in [9.17, 15) is 4.79 Å². The van der Waals surface area contributed by atoms with E-state index in [2.05, 4.69) is 33.8 Å². The van der Waals surface area contributed by atoms with Crippen molar-refractivity contribution in [2.75, 3.05) is 6.61 Å². The third-order valence-electron chi connectivity index (χ3n) is 3.05. The SMILES string of the molecule is CC#CCOc1ccc(-c2[c-]cc(Br)c(=O)n2CC)c(Cl)c1.[Y]. The average Bonchev–Trinajstić information content (AvgIpc) is 2.51. The average molecular weight is 469 g/mol. The number of hydrogen-bond acceptors (Lipinski definition) is 2. The summed E-state index contributed by atoms with van der Waals surface area (Å²) in [5.41, 5.74) is 1.29. The van der Waals surface area contributed by atoms with Crippen LogP contribution in [-0.2, 0) is 39.3 Å². The van der Waals surface area contributed by atoms with Gasteiger partial charge in [0.25, 0.3) is 0 Å². The Morgan fingerprint density at radius 2 is 2.17 bits per heavy atom. The predicted octanol–water partition coefficient (Wildman–Crippen LogP) is 4.15. The minimum atomic E-state index is -0.106. The van der Waals surface area contributed by atoms with Gasteiger partial charge in [0.2, 0.25) is 5.56 Å². The molecule has 1 heterocycles. The second kappa shape index (κ2) is 9.64. The van der Waals surface area contributed by atoms with Crippen molar-refractivity contribution in [2.45, 2.75) is 20.4 Å². The zero-order valence-electron chi connectivity index (χ0n) is 12.8. The Hall–Kier alpha value is -0.596. The largest absolute Gasteiger partial charge is 0.481 e. The molecular formula is C17H14BrClNO2Y-. The Kier molecular flexibility index (Phi) is 8.57. The zero-order valence-corrected chi connectivity index (χ0v) is 18.0. The van der Waals surface area contributed by atoms with Gasteiger partial charge in [0.1, 0.15) is 12.4 Å². The van der Waals surface area contributed by atoms with Crippen molar-refractivity contribution in [3.8, 4) is 28.8 Å². The minimum Gasteiger partial charge on any atom is -0.481 e. The van der Waals surface area contributed by atoms with E-state index in [-0.39, 0.29) is 38.3 Å². The van der Waals surface area contributed by atoms with Crippen molar-refractivity contribution in [3.05, 3.63) is 50.2 Å². The van der Waals surface area contributed by atoms with E-state index >= 15 is 0 Å². The Morgan fingerprint density at radius 3 is 2.78 bits per heavy atom. The number of ether oxygens (including phenoxy) is 1. The van der Waals surface area contributed by atoms with Crippen molar-refractivity contribution in [1.82, 2.24) is 4.57 Å². The van der Waals surface area contributed by atoms with Gasteiger partial charge in [-0.05, 0) is 35.5 Å². The van der Waals surface area contributed by atoms with Crippen LogP contribution in [0.4, 0.5) is 0 Å². The summed E-state index contributed by atoms with van der Waals surface area (Å²) >= 11 is 9.56. The summed E-state index contributed by atoms with van der Waals surface area (Å²) in [4.78, 5) is 12.2. The first-order chi connectivity index (χ1) is 10.6. The van der Waals surface area contributed by atoms with Crippen LogP contribution in [0.3, 0.4) is 0 Å². The third-order valence-corrected chi connectivity index (χ3v) is 3.94. The van der Waals surface area contributed by atoms with E-state index in [4.69, 9.17) is 16.3 Å². The van der Waals surface area contributed by atoms with Crippen molar-refractivity contribution >= 4 is 27.5 Å². The van der Waals surface area contributed by atoms with E-state index in [0.29, 0.717) is 34.1 Å². The van der Waals surface area contributed by atoms with Gasteiger partial charge in [-0.15, -0.1) is 27.9 Å². The van der Waals surface area contributed by atoms with E-state index in [1.807, 2.05) is 13.0 Å².